The van der Waals surface area contributed by atoms with E-state index in [-0.39, 0.29) is 18.7 Å². The number of non-ortho nitro benzene ring substituents is 1. The molecule has 0 saturated heterocycles. The highest BCUT2D eigenvalue weighted by Crippen LogP contribution is 2.26. The number of carbonyl (C=O) groups excluding carboxylic acids is 1. The molecule has 1 aromatic rings. The van der Waals surface area contributed by atoms with E-state index in [0.717, 1.165) is 0 Å². The van der Waals surface area contributed by atoms with Crippen molar-refractivity contribution < 1.29 is 25.0 Å². The van der Waals surface area contributed by atoms with Gasteiger partial charge in [-0.05, 0) is 18.6 Å². The molecule has 1 fully saturated rings. The lowest BCUT2D eigenvalue weighted by molar-refractivity contribution is -0.384. The molecule has 1 saturated carbocycles. The summed E-state index contributed by atoms with van der Waals surface area (Å²) in [4.78, 5) is 21.7. The lowest BCUT2D eigenvalue weighted by atomic mass is 9.81. The van der Waals surface area contributed by atoms with Gasteiger partial charge in [0.05, 0.1) is 11.0 Å². The molecule has 0 heterocycles. The number of carbonyl (C=O) groups is 1. The Balaban J connectivity index is 2.10. The molecule has 8 nitrogen and oxygen atoms in total. The molecule has 2 rings (SSSR count). The standard InChI is InChI=1S/C13H16N2O6/c16-6-7-5-10(12(18)13(19)11(7)17)14-8-1-3-9(4-2-8)15(20)21/h1-4,7,10-12,14,16-18H,5-6H2. The first kappa shape index (κ1) is 15.4. The van der Waals surface area contributed by atoms with Gasteiger partial charge in [-0.1, -0.05) is 0 Å². The summed E-state index contributed by atoms with van der Waals surface area (Å²) in [5.74, 6) is -1.38. The predicted molar refractivity (Wildman–Crippen MR) is 72.7 cm³/mol. The Morgan fingerprint density at radius 3 is 2.38 bits per heavy atom. The number of ketones is 1. The van der Waals surface area contributed by atoms with Gasteiger partial charge in [0, 0.05) is 30.3 Å². The van der Waals surface area contributed by atoms with Crippen molar-refractivity contribution in [2.24, 2.45) is 5.92 Å². The molecular formula is C13H16N2O6. The van der Waals surface area contributed by atoms with Crippen molar-refractivity contribution in [2.45, 2.75) is 24.7 Å². The molecule has 0 aliphatic heterocycles. The Morgan fingerprint density at radius 1 is 1.24 bits per heavy atom. The SMILES string of the molecule is O=C1C(O)C(CO)CC(Nc2ccc([N+](=O)[O-])cc2)C1O. The molecule has 21 heavy (non-hydrogen) atoms. The Labute approximate surface area is 120 Å². The third kappa shape index (κ3) is 3.18. The first-order chi connectivity index (χ1) is 9.93. The fourth-order valence-electron chi connectivity index (χ4n) is 2.40. The van der Waals surface area contributed by atoms with Gasteiger partial charge < -0.3 is 20.6 Å². The second-order valence-corrected chi connectivity index (χ2v) is 5.03. The molecule has 4 atom stereocenters. The fourth-order valence-corrected chi connectivity index (χ4v) is 2.40. The summed E-state index contributed by atoms with van der Waals surface area (Å²) in [6.45, 7) is -0.363. The van der Waals surface area contributed by atoms with Gasteiger partial charge in [0.2, 0.25) is 0 Å². The van der Waals surface area contributed by atoms with E-state index in [4.69, 9.17) is 5.11 Å². The maximum atomic E-state index is 11.7. The molecular weight excluding hydrogens is 280 g/mol. The molecule has 1 aromatic carbocycles. The van der Waals surface area contributed by atoms with E-state index in [1.165, 1.54) is 24.3 Å². The summed E-state index contributed by atoms with van der Waals surface area (Å²) in [7, 11) is 0. The molecule has 0 amide bonds. The van der Waals surface area contributed by atoms with Gasteiger partial charge in [-0.15, -0.1) is 0 Å². The first-order valence-electron chi connectivity index (χ1n) is 6.45. The Bertz CT molecular complexity index is 532. The van der Waals surface area contributed by atoms with Crippen LogP contribution < -0.4 is 5.32 Å². The van der Waals surface area contributed by atoms with Gasteiger partial charge in [0.1, 0.15) is 12.2 Å². The van der Waals surface area contributed by atoms with E-state index in [1.807, 2.05) is 0 Å². The fraction of sp³-hybridized carbons (Fsp3) is 0.462. The van der Waals surface area contributed by atoms with Crippen LogP contribution in [0.2, 0.25) is 0 Å². The van der Waals surface area contributed by atoms with E-state index >= 15 is 0 Å². The van der Waals surface area contributed by atoms with Crippen molar-refractivity contribution in [3.05, 3.63) is 34.4 Å². The summed E-state index contributed by atoms with van der Waals surface area (Å²) < 4.78 is 0. The number of nitro groups is 1. The molecule has 114 valence electrons. The number of nitrogens with one attached hydrogen (secondary N) is 1. The first-order valence-corrected chi connectivity index (χ1v) is 6.45. The van der Waals surface area contributed by atoms with Crippen molar-refractivity contribution in [1.29, 1.82) is 0 Å². The molecule has 0 bridgehead atoms. The van der Waals surface area contributed by atoms with Gasteiger partial charge >= 0.3 is 0 Å². The number of benzene rings is 1. The van der Waals surface area contributed by atoms with Crippen LogP contribution in [0.25, 0.3) is 0 Å². The summed E-state index contributed by atoms with van der Waals surface area (Å²) in [5.41, 5.74) is 0.440. The lowest BCUT2D eigenvalue weighted by Crippen LogP contribution is -2.54. The van der Waals surface area contributed by atoms with Crippen LogP contribution in [-0.4, -0.2) is 50.9 Å². The minimum atomic E-state index is -1.39. The third-order valence-electron chi connectivity index (χ3n) is 3.63. The zero-order valence-electron chi connectivity index (χ0n) is 11.0. The van der Waals surface area contributed by atoms with Gasteiger partial charge in [-0.25, -0.2) is 0 Å². The maximum Gasteiger partial charge on any atom is 0.269 e. The van der Waals surface area contributed by atoms with Crippen LogP contribution in [0.15, 0.2) is 24.3 Å². The topological polar surface area (TPSA) is 133 Å². The van der Waals surface area contributed by atoms with Crippen molar-refractivity contribution in [2.75, 3.05) is 11.9 Å². The molecule has 1 aliphatic carbocycles. The number of anilines is 1. The maximum absolute atomic E-state index is 11.7. The smallest absolute Gasteiger partial charge is 0.269 e. The highest BCUT2D eigenvalue weighted by molar-refractivity contribution is 5.89. The minimum Gasteiger partial charge on any atom is -0.396 e. The van der Waals surface area contributed by atoms with Gasteiger partial charge in [0.25, 0.3) is 5.69 Å². The van der Waals surface area contributed by atoms with Crippen molar-refractivity contribution in [1.82, 2.24) is 0 Å². The Hall–Kier alpha value is -2.03. The minimum absolute atomic E-state index is 0.0653. The van der Waals surface area contributed by atoms with Crippen LogP contribution in [0.3, 0.4) is 0 Å². The van der Waals surface area contributed by atoms with Crippen molar-refractivity contribution in [3.8, 4) is 0 Å². The number of aliphatic hydroxyl groups excluding tert-OH is 3. The Kier molecular flexibility index (Phi) is 4.51. The van der Waals surface area contributed by atoms with Gasteiger partial charge in [0.15, 0.2) is 5.78 Å². The zero-order chi connectivity index (χ0) is 15.6. The summed E-state index contributed by atoms with van der Waals surface area (Å²) in [6, 6.07) is 4.87. The molecule has 4 N–H and O–H groups in total. The van der Waals surface area contributed by atoms with Crippen LogP contribution >= 0.6 is 0 Å². The average Bonchev–Trinajstić information content (AvgIpc) is 2.48. The lowest BCUT2D eigenvalue weighted by Gasteiger charge is -2.35. The summed E-state index contributed by atoms with van der Waals surface area (Å²) in [6.07, 6.45) is -2.56. The van der Waals surface area contributed by atoms with Gasteiger partial charge in [-0.3, -0.25) is 14.9 Å². The quantitative estimate of drug-likeness (QED) is 0.442. The monoisotopic (exact) mass is 296 g/mol. The molecule has 0 radical (unpaired) electrons. The second-order valence-electron chi connectivity index (χ2n) is 5.03. The van der Waals surface area contributed by atoms with E-state index in [2.05, 4.69) is 5.32 Å². The normalized spacial score (nSPS) is 29.2. The second kappa shape index (κ2) is 6.17. The van der Waals surface area contributed by atoms with E-state index in [9.17, 15) is 25.1 Å². The largest absolute Gasteiger partial charge is 0.396 e. The van der Waals surface area contributed by atoms with Crippen LogP contribution in [0, 0.1) is 16.0 Å². The van der Waals surface area contributed by atoms with Crippen LogP contribution in [0.4, 0.5) is 11.4 Å². The molecule has 1 aliphatic rings. The van der Waals surface area contributed by atoms with Crippen molar-refractivity contribution in [3.63, 3.8) is 0 Å². The number of hydrogen-bond acceptors (Lipinski definition) is 7. The summed E-state index contributed by atoms with van der Waals surface area (Å²) in [5, 5.41) is 42.1. The van der Waals surface area contributed by atoms with E-state index in [0.29, 0.717) is 5.69 Å². The number of hydrogen-bond donors (Lipinski definition) is 4. The highest BCUT2D eigenvalue weighted by atomic mass is 16.6. The average molecular weight is 296 g/mol. The predicted octanol–water partition coefficient (Wildman–Crippen LogP) is -0.322. The third-order valence-corrected chi connectivity index (χ3v) is 3.63. The number of nitrogens with zero attached hydrogens (tertiary/aromatic N) is 1. The molecule has 0 aromatic heterocycles. The number of rotatable bonds is 4. The highest BCUT2D eigenvalue weighted by Gasteiger charge is 2.42. The van der Waals surface area contributed by atoms with Crippen LogP contribution in [-0.2, 0) is 4.79 Å². The number of aliphatic hydroxyl groups is 3. The van der Waals surface area contributed by atoms with E-state index in [1.54, 1.807) is 0 Å². The van der Waals surface area contributed by atoms with Crippen LogP contribution in [0.1, 0.15) is 6.42 Å². The number of Topliss-reactive ketones (excluding diaryl/α,β-unsaturated/α-hetero) is 1. The van der Waals surface area contributed by atoms with Crippen molar-refractivity contribution >= 4 is 17.2 Å². The molecule has 4 unspecified atom stereocenters. The molecule has 0 spiro atoms. The van der Waals surface area contributed by atoms with E-state index < -0.39 is 34.9 Å². The zero-order valence-corrected chi connectivity index (χ0v) is 11.0. The Morgan fingerprint density at radius 2 is 1.86 bits per heavy atom. The summed E-state index contributed by atoms with van der Waals surface area (Å²) >= 11 is 0. The van der Waals surface area contributed by atoms with Crippen LogP contribution in [0.5, 0.6) is 0 Å². The molecule has 8 heteroatoms. The van der Waals surface area contributed by atoms with Gasteiger partial charge in [-0.2, -0.15) is 0 Å². The number of nitro benzene ring substituents is 1.